The lowest BCUT2D eigenvalue weighted by molar-refractivity contribution is -0.510. The van der Waals surface area contributed by atoms with E-state index in [1.54, 1.807) is 0 Å². The van der Waals surface area contributed by atoms with Crippen molar-refractivity contribution in [2.75, 3.05) is 37.7 Å². The van der Waals surface area contributed by atoms with E-state index < -0.39 is 6.04 Å². The van der Waals surface area contributed by atoms with Crippen molar-refractivity contribution in [1.29, 1.82) is 0 Å². The van der Waals surface area contributed by atoms with Gasteiger partial charge in [-0.25, -0.2) is 0 Å². The van der Waals surface area contributed by atoms with Gasteiger partial charge in [0, 0.05) is 31.1 Å². The van der Waals surface area contributed by atoms with Crippen LogP contribution in [0.4, 0.5) is 0 Å². The van der Waals surface area contributed by atoms with Crippen molar-refractivity contribution in [3.05, 3.63) is 10.1 Å². The molecule has 0 aliphatic carbocycles. The molecule has 0 N–H and O–H groups in total. The monoisotopic (exact) mass is 407 g/mol. The van der Waals surface area contributed by atoms with Gasteiger partial charge in [0.25, 0.3) is 0 Å². The molecule has 0 atom stereocenters. The minimum atomic E-state index is -0.606. The van der Waals surface area contributed by atoms with E-state index in [-0.39, 0.29) is 4.92 Å². The average molecular weight is 408 g/mol. The van der Waals surface area contributed by atoms with Crippen LogP contribution in [0, 0.1) is 10.1 Å². The maximum absolute atomic E-state index is 11.3. The molecule has 0 saturated carbocycles. The van der Waals surface area contributed by atoms with Crippen LogP contribution in [0.1, 0.15) is 38.5 Å². The van der Waals surface area contributed by atoms with Crippen LogP contribution >= 0.6 is 48.0 Å². The molecular formula is C15H25N3O2S4. The number of hydrogen-bond donors (Lipinski definition) is 0. The van der Waals surface area contributed by atoms with Gasteiger partial charge in [-0.15, -0.1) is 0 Å². The molecule has 2 heterocycles. The summed E-state index contributed by atoms with van der Waals surface area (Å²) in [4.78, 5) is 15.5. The lowest BCUT2D eigenvalue weighted by Gasteiger charge is -2.29. The fraction of sp³-hybridized carbons (Fsp3) is 0.867. The molecule has 0 aromatic heterocycles. The number of piperidine rings is 2. The van der Waals surface area contributed by atoms with Gasteiger partial charge in [0.1, 0.15) is 8.64 Å². The molecule has 0 aromatic carbocycles. The van der Waals surface area contributed by atoms with Crippen LogP contribution in [0.3, 0.4) is 0 Å². The molecule has 136 valence electrons. The molecule has 2 rings (SSSR count). The number of nitro groups is 1. The maximum atomic E-state index is 11.3. The van der Waals surface area contributed by atoms with E-state index in [0.29, 0.717) is 11.5 Å². The number of thioether (sulfide) groups is 2. The summed E-state index contributed by atoms with van der Waals surface area (Å²) >= 11 is 13.8. The normalized spacial score (nSPS) is 18.7. The van der Waals surface area contributed by atoms with Crippen LogP contribution in [0.2, 0.25) is 0 Å². The third kappa shape index (κ3) is 6.65. The van der Waals surface area contributed by atoms with Gasteiger partial charge in [0.2, 0.25) is 6.04 Å². The third-order valence-corrected chi connectivity index (χ3v) is 7.66. The van der Waals surface area contributed by atoms with Gasteiger partial charge < -0.3 is 9.80 Å². The number of nitrogens with zero attached hydrogens (tertiary/aromatic N) is 3. The molecule has 2 aliphatic rings. The first-order valence-electron chi connectivity index (χ1n) is 8.55. The predicted octanol–water partition coefficient (Wildman–Crippen LogP) is 3.64. The molecule has 2 aliphatic heterocycles. The fourth-order valence-corrected chi connectivity index (χ4v) is 5.64. The van der Waals surface area contributed by atoms with E-state index in [0.717, 1.165) is 34.8 Å². The minimum absolute atomic E-state index is 0.183. The van der Waals surface area contributed by atoms with Crippen LogP contribution in [0.5, 0.6) is 0 Å². The van der Waals surface area contributed by atoms with E-state index >= 15 is 0 Å². The molecule has 2 saturated heterocycles. The number of hydrogen-bond acceptors (Lipinski definition) is 6. The third-order valence-electron chi connectivity index (χ3n) is 4.33. The first-order valence-corrected chi connectivity index (χ1v) is 11.3. The predicted molar refractivity (Wildman–Crippen MR) is 112 cm³/mol. The Balaban J connectivity index is 1.73. The van der Waals surface area contributed by atoms with E-state index in [2.05, 4.69) is 9.80 Å². The summed E-state index contributed by atoms with van der Waals surface area (Å²) < 4.78 is 1.62. The highest BCUT2D eigenvalue weighted by Crippen LogP contribution is 2.21. The summed E-state index contributed by atoms with van der Waals surface area (Å²) in [6.07, 6.45) is 7.18. The molecule has 0 spiro atoms. The molecule has 0 amide bonds. The molecular weight excluding hydrogens is 382 g/mol. The van der Waals surface area contributed by atoms with Gasteiger partial charge in [-0.05, 0) is 38.5 Å². The molecule has 0 aromatic rings. The molecule has 24 heavy (non-hydrogen) atoms. The summed E-state index contributed by atoms with van der Waals surface area (Å²) in [5.41, 5.74) is 0. The van der Waals surface area contributed by atoms with Gasteiger partial charge in [-0.1, -0.05) is 48.0 Å². The standard InChI is InChI=1S/C15H25N3O2S4/c19-18(20)13(11-23-14(21)16-7-3-1-4-8-16)12-24-15(22)17-9-5-2-6-10-17/h13H,1-12H2. The number of rotatable bonds is 5. The van der Waals surface area contributed by atoms with Crippen LogP contribution in [0.25, 0.3) is 0 Å². The van der Waals surface area contributed by atoms with Crippen molar-refractivity contribution < 1.29 is 4.92 Å². The Labute approximate surface area is 163 Å². The zero-order valence-corrected chi connectivity index (χ0v) is 17.1. The van der Waals surface area contributed by atoms with E-state index in [4.69, 9.17) is 24.4 Å². The van der Waals surface area contributed by atoms with Crippen LogP contribution < -0.4 is 0 Å². The molecule has 5 nitrogen and oxygen atoms in total. The molecule has 0 unspecified atom stereocenters. The lowest BCUT2D eigenvalue weighted by Crippen LogP contribution is -2.36. The Kier molecular flexibility index (Phi) is 9.07. The Bertz CT molecular complexity index is 418. The van der Waals surface area contributed by atoms with Crippen molar-refractivity contribution in [2.24, 2.45) is 0 Å². The second-order valence-electron chi connectivity index (χ2n) is 6.19. The topological polar surface area (TPSA) is 49.6 Å². The zero-order valence-electron chi connectivity index (χ0n) is 13.9. The lowest BCUT2D eigenvalue weighted by atomic mass is 10.1. The van der Waals surface area contributed by atoms with Gasteiger partial charge in [0.05, 0.1) is 11.5 Å². The first kappa shape index (κ1) is 20.2. The second-order valence-corrected chi connectivity index (χ2v) is 9.50. The van der Waals surface area contributed by atoms with Crippen LogP contribution in [-0.2, 0) is 0 Å². The fourth-order valence-electron chi connectivity index (χ4n) is 2.84. The molecule has 0 radical (unpaired) electrons. The number of thiocarbonyl (C=S) groups is 2. The summed E-state index contributed by atoms with van der Waals surface area (Å²) in [6.45, 7) is 3.96. The van der Waals surface area contributed by atoms with E-state index in [1.807, 2.05) is 0 Å². The summed E-state index contributed by atoms with van der Waals surface area (Å²) in [5, 5.41) is 11.3. The van der Waals surface area contributed by atoms with E-state index in [1.165, 1.54) is 62.0 Å². The van der Waals surface area contributed by atoms with Gasteiger partial charge in [-0.3, -0.25) is 10.1 Å². The highest BCUT2D eigenvalue weighted by Gasteiger charge is 2.25. The minimum Gasteiger partial charge on any atom is -0.358 e. The van der Waals surface area contributed by atoms with Gasteiger partial charge >= 0.3 is 0 Å². The SMILES string of the molecule is O=[N+]([O-])C(CSC(=S)N1CCCCC1)CSC(=S)N1CCCCC1. The Morgan fingerprint density at radius 3 is 1.58 bits per heavy atom. The zero-order chi connectivity index (χ0) is 17.4. The number of likely N-dealkylation sites (tertiary alicyclic amines) is 2. The smallest absolute Gasteiger partial charge is 0.231 e. The van der Waals surface area contributed by atoms with Crippen molar-refractivity contribution in [3.63, 3.8) is 0 Å². The molecule has 9 heteroatoms. The highest BCUT2D eigenvalue weighted by atomic mass is 32.2. The Hall–Kier alpha value is -0.120. The van der Waals surface area contributed by atoms with Crippen LogP contribution in [-0.4, -0.2) is 67.1 Å². The maximum Gasteiger partial charge on any atom is 0.231 e. The largest absolute Gasteiger partial charge is 0.358 e. The second kappa shape index (κ2) is 10.8. The molecule has 2 fully saturated rings. The van der Waals surface area contributed by atoms with Gasteiger partial charge in [-0.2, -0.15) is 0 Å². The van der Waals surface area contributed by atoms with Gasteiger partial charge in [0.15, 0.2) is 0 Å². The Morgan fingerprint density at radius 2 is 1.25 bits per heavy atom. The highest BCUT2D eigenvalue weighted by molar-refractivity contribution is 8.23. The Morgan fingerprint density at radius 1 is 0.875 bits per heavy atom. The van der Waals surface area contributed by atoms with Crippen LogP contribution in [0.15, 0.2) is 0 Å². The summed E-state index contributed by atoms with van der Waals surface area (Å²) in [7, 11) is 0. The van der Waals surface area contributed by atoms with Crippen molar-refractivity contribution in [3.8, 4) is 0 Å². The van der Waals surface area contributed by atoms with Crippen molar-refractivity contribution in [1.82, 2.24) is 9.80 Å². The quantitative estimate of drug-likeness (QED) is 0.389. The first-order chi connectivity index (χ1) is 11.6. The summed E-state index contributed by atoms with van der Waals surface area (Å²) in [5.74, 6) is 0.857. The average Bonchev–Trinajstić information content (AvgIpc) is 2.62. The van der Waals surface area contributed by atoms with Crippen molar-refractivity contribution in [2.45, 2.75) is 44.6 Å². The molecule has 0 bridgehead atoms. The summed E-state index contributed by atoms with van der Waals surface area (Å²) in [6, 6.07) is -0.606. The van der Waals surface area contributed by atoms with E-state index in [9.17, 15) is 10.1 Å². The van der Waals surface area contributed by atoms with Crippen molar-refractivity contribution >= 4 is 56.6 Å².